The normalized spacial score (nSPS) is 11.6. The van der Waals surface area contributed by atoms with Crippen LogP contribution in [0, 0.1) is 0 Å². The Balaban J connectivity index is 1.71. The van der Waals surface area contributed by atoms with Gasteiger partial charge in [-0.2, -0.15) is 0 Å². The number of rotatable bonds is 4. The highest BCUT2D eigenvalue weighted by molar-refractivity contribution is 7.91. The van der Waals surface area contributed by atoms with E-state index < -0.39 is 7.49 Å². The molecule has 1 aromatic heterocycles. The molecule has 0 amide bonds. The number of imidazole rings is 1. The topological polar surface area (TPSA) is 38.0 Å². The molecular formula is C25H20N2OP+. The second-order valence-electron chi connectivity index (χ2n) is 6.93. The van der Waals surface area contributed by atoms with Crippen molar-refractivity contribution in [3.05, 3.63) is 116 Å². The summed E-state index contributed by atoms with van der Waals surface area (Å²) >= 11 is 0. The number of fused-ring (bicyclic) bond motifs is 1. The Morgan fingerprint density at radius 2 is 1.21 bits per heavy atom. The molecule has 0 radical (unpaired) electrons. The van der Waals surface area contributed by atoms with E-state index in [1.807, 2.05) is 97.3 Å². The quantitative estimate of drug-likeness (QED) is 0.463. The number of benzene rings is 4. The van der Waals surface area contributed by atoms with Crippen LogP contribution in [0.4, 0.5) is 0 Å². The van der Waals surface area contributed by atoms with Crippen LogP contribution in [0.2, 0.25) is 0 Å². The van der Waals surface area contributed by atoms with Gasteiger partial charge in [0.05, 0.1) is 16.7 Å². The minimum atomic E-state index is -2.75. The lowest BCUT2D eigenvalue weighted by atomic mass is 10.3. The van der Waals surface area contributed by atoms with Gasteiger partial charge in [-0.3, -0.25) is 4.57 Å². The van der Waals surface area contributed by atoms with Crippen molar-refractivity contribution in [1.29, 1.82) is 0 Å². The third kappa shape index (κ3) is 3.05. The Morgan fingerprint density at radius 3 is 1.90 bits per heavy atom. The fourth-order valence-corrected chi connectivity index (χ4v) is 6.47. The van der Waals surface area contributed by atoms with Crippen molar-refractivity contribution in [2.45, 2.75) is 0 Å². The number of para-hydroxylation sites is 2. The van der Waals surface area contributed by atoms with Crippen molar-refractivity contribution >= 4 is 34.4 Å². The van der Waals surface area contributed by atoms with Crippen LogP contribution in [-0.4, -0.2) is 14.4 Å². The van der Waals surface area contributed by atoms with Gasteiger partial charge in [0.2, 0.25) is 7.49 Å². The van der Waals surface area contributed by atoms with Crippen LogP contribution in [0.15, 0.2) is 116 Å². The average Bonchev–Trinajstić information content (AvgIpc) is 3.24. The summed E-state index contributed by atoms with van der Waals surface area (Å²) in [5.74, 6) is 0. The van der Waals surface area contributed by atoms with Crippen LogP contribution in [-0.2, 0) is 0 Å². The highest BCUT2D eigenvalue weighted by atomic mass is 31.2. The Bertz CT molecular complexity index is 1230. The van der Waals surface area contributed by atoms with Crippen LogP contribution in [0.5, 0.6) is 0 Å². The van der Waals surface area contributed by atoms with Crippen LogP contribution in [0.3, 0.4) is 0 Å². The van der Waals surface area contributed by atoms with E-state index in [1.165, 1.54) is 0 Å². The smallest absolute Gasteiger partial charge is 0.238 e. The van der Waals surface area contributed by atoms with Gasteiger partial charge in [-0.25, -0.2) is 9.88 Å². The highest BCUT2D eigenvalue weighted by Crippen LogP contribution is 2.51. The molecule has 0 saturated carbocycles. The molecule has 4 aromatic carbocycles. The molecule has 0 saturated heterocycles. The molecule has 0 aliphatic rings. The van der Waals surface area contributed by atoms with Gasteiger partial charge in [-0.15, -0.1) is 0 Å². The second kappa shape index (κ2) is 7.29. The molecule has 0 aliphatic heterocycles. The molecule has 0 atom stereocenters. The average molecular weight is 395 g/mol. The lowest BCUT2D eigenvalue weighted by Gasteiger charge is -2.20. The SMILES string of the molecule is O[P+](c1ccccc1)(c1ccccc1)c1cccc(-n2cnc3ccccc32)c1. The molecule has 1 heterocycles. The Hall–Kier alpha value is -3.26. The molecule has 0 spiro atoms. The van der Waals surface area contributed by atoms with E-state index >= 15 is 0 Å². The molecule has 1 N–H and O–H groups in total. The van der Waals surface area contributed by atoms with Crippen molar-refractivity contribution in [1.82, 2.24) is 9.55 Å². The minimum absolute atomic E-state index is 0.921. The monoisotopic (exact) mass is 395 g/mol. The van der Waals surface area contributed by atoms with Gasteiger partial charge in [-0.05, 0) is 48.5 Å². The van der Waals surface area contributed by atoms with E-state index in [9.17, 15) is 4.89 Å². The summed E-state index contributed by atoms with van der Waals surface area (Å²) in [6.07, 6.45) is 1.84. The molecule has 140 valence electrons. The largest absolute Gasteiger partial charge is 0.299 e. The van der Waals surface area contributed by atoms with Crippen LogP contribution in [0.1, 0.15) is 0 Å². The molecule has 0 aliphatic carbocycles. The second-order valence-corrected chi connectivity index (χ2v) is 9.75. The summed E-state index contributed by atoms with van der Waals surface area (Å²) in [4.78, 5) is 16.7. The molecule has 0 bridgehead atoms. The first kappa shape index (κ1) is 17.8. The van der Waals surface area contributed by atoms with Crippen LogP contribution in [0.25, 0.3) is 16.7 Å². The molecule has 0 fully saturated rings. The summed E-state index contributed by atoms with van der Waals surface area (Å²) in [5, 5.41) is 2.81. The predicted octanol–water partition coefficient (Wildman–Crippen LogP) is 4.23. The number of aromatic nitrogens is 2. The number of hydrogen-bond acceptors (Lipinski definition) is 2. The third-order valence-corrected chi connectivity index (χ3v) is 8.31. The molecule has 4 heteroatoms. The zero-order chi connectivity index (χ0) is 19.7. The maximum Gasteiger partial charge on any atom is 0.238 e. The summed E-state index contributed by atoms with van der Waals surface area (Å²) in [6.45, 7) is 0. The van der Waals surface area contributed by atoms with Crippen molar-refractivity contribution < 1.29 is 4.89 Å². The van der Waals surface area contributed by atoms with Gasteiger partial charge < -0.3 is 0 Å². The lowest BCUT2D eigenvalue weighted by molar-refractivity contribution is 0.633. The van der Waals surface area contributed by atoms with Gasteiger partial charge in [0.25, 0.3) is 0 Å². The number of nitrogens with zero attached hydrogens (tertiary/aromatic N) is 2. The van der Waals surface area contributed by atoms with Gasteiger partial charge in [0, 0.05) is 6.07 Å². The Labute approximate surface area is 170 Å². The van der Waals surface area contributed by atoms with Gasteiger partial charge in [0.15, 0.2) is 0 Å². The van der Waals surface area contributed by atoms with Crippen molar-refractivity contribution in [2.24, 2.45) is 0 Å². The molecule has 5 aromatic rings. The molecular weight excluding hydrogens is 375 g/mol. The summed E-state index contributed by atoms with van der Waals surface area (Å²) in [6, 6.07) is 36.2. The predicted molar refractivity (Wildman–Crippen MR) is 122 cm³/mol. The van der Waals surface area contributed by atoms with Crippen molar-refractivity contribution in [2.75, 3.05) is 0 Å². The molecule has 3 nitrogen and oxygen atoms in total. The zero-order valence-corrected chi connectivity index (χ0v) is 16.7. The van der Waals surface area contributed by atoms with E-state index in [-0.39, 0.29) is 0 Å². The van der Waals surface area contributed by atoms with E-state index in [0.29, 0.717) is 0 Å². The van der Waals surface area contributed by atoms with Crippen LogP contribution < -0.4 is 15.9 Å². The standard InChI is InChI=1S/C25H20N2OP/c28-29(21-11-3-1-4-12-21,22-13-5-2-6-14-22)23-15-9-10-20(18-23)27-19-26-24-16-7-8-17-25(24)27/h1-19,28H/q+1. The zero-order valence-electron chi connectivity index (χ0n) is 15.8. The van der Waals surface area contributed by atoms with Crippen LogP contribution >= 0.6 is 7.49 Å². The molecule has 5 rings (SSSR count). The lowest BCUT2D eigenvalue weighted by Crippen LogP contribution is -2.30. The Morgan fingerprint density at radius 1 is 0.621 bits per heavy atom. The molecule has 0 unspecified atom stereocenters. The van der Waals surface area contributed by atoms with E-state index in [1.54, 1.807) is 0 Å². The van der Waals surface area contributed by atoms with Crippen molar-refractivity contribution in [3.8, 4) is 5.69 Å². The maximum absolute atomic E-state index is 12.1. The molecule has 29 heavy (non-hydrogen) atoms. The summed E-state index contributed by atoms with van der Waals surface area (Å²) < 4.78 is 2.07. The Kier molecular flexibility index (Phi) is 4.48. The van der Waals surface area contributed by atoms with Gasteiger partial charge >= 0.3 is 0 Å². The maximum atomic E-state index is 12.1. The first-order valence-corrected chi connectivity index (χ1v) is 11.3. The van der Waals surface area contributed by atoms with E-state index in [2.05, 4.69) is 27.8 Å². The fraction of sp³-hybridized carbons (Fsp3) is 0. The first-order chi connectivity index (χ1) is 14.3. The number of hydrogen-bond donors (Lipinski definition) is 1. The van der Waals surface area contributed by atoms with Gasteiger partial charge in [-0.1, -0.05) is 54.6 Å². The van der Waals surface area contributed by atoms with Crippen molar-refractivity contribution in [3.63, 3.8) is 0 Å². The third-order valence-electron chi connectivity index (χ3n) is 5.19. The van der Waals surface area contributed by atoms with E-state index in [0.717, 1.165) is 32.6 Å². The van der Waals surface area contributed by atoms with Gasteiger partial charge in [0.1, 0.15) is 22.2 Å². The first-order valence-electron chi connectivity index (χ1n) is 9.53. The fourth-order valence-electron chi connectivity index (χ4n) is 3.74. The summed E-state index contributed by atoms with van der Waals surface area (Å²) in [5.41, 5.74) is 2.99. The van der Waals surface area contributed by atoms with E-state index in [4.69, 9.17) is 0 Å². The highest BCUT2D eigenvalue weighted by Gasteiger charge is 2.44. The minimum Gasteiger partial charge on any atom is -0.299 e. The summed E-state index contributed by atoms with van der Waals surface area (Å²) in [7, 11) is -2.75.